The minimum Gasteiger partial charge on any atom is -0.0622 e. The van der Waals surface area contributed by atoms with E-state index in [0.29, 0.717) is 0 Å². The fourth-order valence-corrected chi connectivity index (χ4v) is 7.27. The molecule has 0 unspecified atom stereocenters. The molecule has 0 heteroatoms. The highest BCUT2D eigenvalue weighted by Crippen LogP contribution is 2.51. The van der Waals surface area contributed by atoms with Crippen molar-refractivity contribution in [1.29, 1.82) is 0 Å². The van der Waals surface area contributed by atoms with Crippen LogP contribution in [0.15, 0.2) is 182 Å². The van der Waals surface area contributed by atoms with Gasteiger partial charge in [-0.1, -0.05) is 146 Å². The number of fused-ring (bicyclic) bond motifs is 4. The number of hydrogen-bond donors (Lipinski definition) is 0. The fourth-order valence-electron chi connectivity index (χ4n) is 7.27. The largest absolute Gasteiger partial charge is 0.0622 e. The summed E-state index contributed by atoms with van der Waals surface area (Å²) in [7, 11) is 0. The van der Waals surface area contributed by atoms with Crippen LogP contribution >= 0.6 is 0 Å². The molecule has 0 N–H and O–H groups in total. The minimum atomic E-state index is 1.21. The van der Waals surface area contributed by atoms with E-state index in [2.05, 4.69) is 182 Å². The number of rotatable bonds is 4. The zero-order chi connectivity index (χ0) is 30.5. The summed E-state index contributed by atoms with van der Waals surface area (Å²) in [6.07, 6.45) is 0. The third-order valence-electron chi connectivity index (χ3n) is 9.34. The summed E-state index contributed by atoms with van der Waals surface area (Å²) in [5.41, 5.74) is 9.91. The molecule has 9 aromatic rings. The van der Waals surface area contributed by atoms with Crippen molar-refractivity contribution >= 4 is 43.1 Å². The van der Waals surface area contributed by atoms with Crippen molar-refractivity contribution in [3.05, 3.63) is 182 Å². The molecule has 9 aromatic carbocycles. The molecule has 0 fully saturated rings. The maximum atomic E-state index is 2.44. The van der Waals surface area contributed by atoms with Gasteiger partial charge in [-0.25, -0.2) is 0 Å². The quantitative estimate of drug-likeness (QED) is 0.181. The summed E-state index contributed by atoms with van der Waals surface area (Å²) in [6.45, 7) is 0. The van der Waals surface area contributed by atoms with E-state index in [9.17, 15) is 0 Å². The average Bonchev–Trinajstić information content (AvgIpc) is 3.13. The van der Waals surface area contributed by atoms with E-state index < -0.39 is 0 Å². The van der Waals surface area contributed by atoms with Gasteiger partial charge < -0.3 is 0 Å². The molecule has 214 valence electrons. The minimum absolute atomic E-state index is 1.21. The van der Waals surface area contributed by atoms with Crippen LogP contribution in [0.3, 0.4) is 0 Å². The molecule has 0 atom stereocenters. The van der Waals surface area contributed by atoms with E-state index in [-0.39, 0.29) is 0 Å². The van der Waals surface area contributed by atoms with Gasteiger partial charge in [-0.15, -0.1) is 0 Å². The third kappa shape index (κ3) is 4.38. The van der Waals surface area contributed by atoms with Gasteiger partial charge >= 0.3 is 0 Å². The molecule has 0 aliphatic heterocycles. The van der Waals surface area contributed by atoms with Crippen LogP contribution < -0.4 is 0 Å². The van der Waals surface area contributed by atoms with Crippen molar-refractivity contribution in [2.24, 2.45) is 0 Å². The van der Waals surface area contributed by atoms with Crippen LogP contribution in [0.1, 0.15) is 0 Å². The molecule has 0 saturated carbocycles. The molecular weight excluding hydrogens is 553 g/mol. The van der Waals surface area contributed by atoms with Crippen LogP contribution in [-0.4, -0.2) is 0 Å². The molecule has 0 saturated heterocycles. The Hall–Kier alpha value is -5.98. The van der Waals surface area contributed by atoms with E-state index >= 15 is 0 Å². The smallest absolute Gasteiger partial charge is 0.00141 e. The lowest BCUT2D eigenvalue weighted by Crippen LogP contribution is -1.97. The van der Waals surface area contributed by atoms with E-state index in [0.717, 1.165) is 0 Å². The van der Waals surface area contributed by atoms with Crippen LogP contribution in [-0.2, 0) is 0 Å². The molecule has 0 bridgehead atoms. The highest BCUT2D eigenvalue weighted by atomic mass is 14.3. The van der Waals surface area contributed by atoms with Gasteiger partial charge in [-0.05, 0) is 124 Å². The first-order valence-corrected chi connectivity index (χ1v) is 15.9. The summed E-state index contributed by atoms with van der Waals surface area (Å²) >= 11 is 0. The molecule has 0 spiro atoms. The molecule has 0 amide bonds. The topological polar surface area (TPSA) is 0 Å². The predicted octanol–water partition coefficient (Wildman–Crippen LogP) is 13.0. The van der Waals surface area contributed by atoms with Crippen molar-refractivity contribution in [3.8, 4) is 44.5 Å². The number of hydrogen-bond acceptors (Lipinski definition) is 0. The maximum absolute atomic E-state index is 2.44. The monoisotopic (exact) mass is 582 g/mol. The summed E-state index contributed by atoms with van der Waals surface area (Å²) in [5.74, 6) is 0. The SMILES string of the molecule is c1ccc(-c2c(-c3ccccc3)c(-c3ccccc3)c3cc4cc5cc6ccccc6cc5cc4cc3c2-c2ccccc2)cc1. The molecule has 0 nitrogen and oxygen atoms in total. The van der Waals surface area contributed by atoms with E-state index in [1.807, 2.05) is 0 Å². The predicted molar refractivity (Wildman–Crippen MR) is 198 cm³/mol. The van der Waals surface area contributed by atoms with Gasteiger partial charge in [0.1, 0.15) is 0 Å². The second-order valence-electron chi connectivity index (χ2n) is 12.1. The Bertz CT molecular complexity index is 2350. The average molecular weight is 583 g/mol. The van der Waals surface area contributed by atoms with Crippen molar-refractivity contribution in [2.45, 2.75) is 0 Å². The lowest BCUT2D eigenvalue weighted by molar-refractivity contribution is 1.57. The Morgan fingerprint density at radius 1 is 0.196 bits per heavy atom. The first kappa shape index (κ1) is 26.4. The molecule has 46 heavy (non-hydrogen) atoms. The molecule has 0 heterocycles. The second kappa shape index (κ2) is 10.9. The van der Waals surface area contributed by atoms with Crippen molar-refractivity contribution in [3.63, 3.8) is 0 Å². The molecule has 9 rings (SSSR count). The summed E-state index contributed by atoms with van der Waals surface area (Å²) in [5, 5.41) is 10.1. The highest BCUT2D eigenvalue weighted by Gasteiger charge is 2.24. The highest BCUT2D eigenvalue weighted by molar-refractivity contribution is 6.21. The van der Waals surface area contributed by atoms with Crippen LogP contribution in [0.4, 0.5) is 0 Å². The van der Waals surface area contributed by atoms with Crippen molar-refractivity contribution < 1.29 is 0 Å². The zero-order valence-corrected chi connectivity index (χ0v) is 25.3. The standard InChI is InChI=1S/C46H30/c1-5-15-31(16-6-1)43-41-29-39-27-37-25-35-23-13-14-24-36(35)26-38(37)28-40(39)30-42(41)44(32-17-7-2-8-18-32)46(34-21-11-4-12-22-34)45(43)33-19-9-3-10-20-33/h1-30H. The van der Waals surface area contributed by atoms with Crippen LogP contribution in [0, 0.1) is 0 Å². The Kier molecular flexibility index (Phi) is 6.25. The number of benzene rings is 9. The van der Waals surface area contributed by atoms with Crippen LogP contribution in [0.5, 0.6) is 0 Å². The van der Waals surface area contributed by atoms with Gasteiger partial charge in [-0.3, -0.25) is 0 Å². The molecule has 0 radical (unpaired) electrons. The maximum Gasteiger partial charge on any atom is -0.00141 e. The van der Waals surface area contributed by atoms with E-state index in [1.54, 1.807) is 0 Å². The first-order chi connectivity index (χ1) is 22.8. The van der Waals surface area contributed by atoms with Crippen molar-refractivity contribution in [1.82, 2.24) is 0 Å². The Morgan fingerprint density at radius 3 is 0.804 bits per heavy atom. The second-order valence-corrected chi connectivity index (χ2v) is 12.1. The molecule has 0 aromatic heterocycles. The molecule has 0 aliphatic rings. The third-order valence-corrected chi connectivity index (χ3v) is 9.34. The Labute approximate surface area is 268 Å². The molecule has 0 aliphatic carbocycles. The summed E-state index contributed by atoms with van der Waals surface area (Å²) in [4.78, 5) is 0. The lowest BCUT2D eigenvalue weighted by Gasteiger charge is -2.24. The van der Waals surface area contributed by atoms with E-state index in [1.165, 1.54) is 87.6 Å². The Balaban J connectivity index is 1.52. The first-order valence-electron chi connectivity index (χ1n) is 15.9. The zero-order valence-electron chi connectivity index (χ0n) is 25.3. The lowest BCUT2D eigenvalue weighted by atomic mass is 9.78. The van der Waals surface area contributed by atoms with Crippen LogP contribution in [0.2, 0.25) is 0 Å². The van der Waals surface area contributed by atoms with E-state index in [4.69, 9.17) is 0 Å². The molecular formula is C46H30. The van der Waals surface area contributed by atoms with Crippen molar-refractivity contribution in [2.75, 3.05) is 0 Å². The normalized spacial score (nSPS) is 11.5. The van der Waals surface area contributed by atoms with Gasteiger partial charge in [0.2, 0.25) is 0 Å². The summed E-state index contributed by atoms with van der Waals surface area (Å²) < 4.78 is 0. The van der Waals surface area contributed by atoms with Gasteiger partial charge in [0.15, 0.2) is 0 Å². The van der Waals surface area contributed by atoms with Gasteiger partial charge in [0.05, 0.1) is 0 Å². The van der Waals surface area contributed by atoms with Gasteiger partial charge in [-0.2, -0.15) is 0 Å². The van der Waals surface area contributed by atoms with Crippen LogP contribution in [0.25, 0.3) is 87.6 Å². The summed E-state index contributed by atoms with van der Waals surface area (Å²) in [6, 6.07) is 66.7. The fraction of sp³-hybridized carbons (Fsp3) is 0. The van der Waals surface area contributed by atoms with Gasteiger partial charge in [0.25, 0.3) is 0 Å². The Morgan fingerprint density at radius 2 is 0.457 bits per heavy atom. The van der Waals surface area contributed by atoms with Gasteiger partial charge in [0, 0.05) is 0 Å².